The number of benzene rings is 1. The predicted molar refractivity (Wildman–Crippen MR) is 80.2 cm³/mol. The first-order valence-electron chi connectivity index (χ1n) is 7.04. The molecule has 0 fully saturated rings. The van der Waals surface area contributed by atoms with E-state index in [-0.39, 0.29) is 12.5 Å². The van der Waals surface area contributed by atoms with Gasteiger partial charge in [-0.3, -0.25) is 4.79 Å². The number of esters is 1. The van der Waals surface area contributed by atoms with Gasteiger partial charge in [-0.1, -0.05) is 13.3 Å². The number of carbonyl (C=O) groups excluding carboxylic acids is 2. The van der Waals surface area contributed by atoms with Gasteiger partial charge in [0.25, 0.3) is 5.91 Å². The van der Waals surface area contributed by atoms with Crippen LogP contribution in [0.3, 0.4) is 0 Å². The highest BCUT2D eigenvalue weighted by Crippen LogP contribution is 2.23. The Morgan fingerprint density at radius 1 is 1.29 bits per heavy atom. The van der Waals surface area contributed by atoms with Gasteiger partial charge in [-0.05, 0) is 31.5 Å². The van der Waals surface area contributed by atoms with Gasteiger partial charge in [0.15, 0.2) is 6.61 Å². The number of rotatable bonds is 8. The van der Waals surface area contributed by atoms with E-state index in [0.717, 1.165) is 12.8 Å². The molecule has 0 atom stereocenters. The van der Waals surface area contributed by atoms with Gasteiger partial charge in [0.2, 0.25) is 0 Å². The van der Waals surface area contributed by atoms with Gasteiger partial charge in [-0.25, -0.2) is 4.79 Å². The van der Waals surface area contributed by atoms with Crippen LogP contribution in [-0.2, 0) is 9.53 Å². The molecule has 116 valence electrons. The molecule has 1 rings (SSSR count). The maximum absolute atomic E-state index is 11.6. The highest BCUT2D eigenvalue weighted by molar-refractivity contribution is 5.90. The number of unbranched alkanes of at least 4 members (excludes halogenated alkanes) is 1. The van der Waals surface area contributed by atoms with Crippen LogP contribution in [0.5, 0.6) is 5.75 Å². The van der Waals surface area contributed by atoms with E-state index >= 15 is 0 Å². The summed E-state index contributed by atoms with van der Waals surface area (Å²) in [5.41, 5.74) is 6.47. The third-order valence-corrected chi connectivity index (χ3v) is 2.74. The second kappa shape index (κ2) is 8.84. The van der Waals surface area contributed by atoms with Crippen LogP contribution in [-0.4, -0.2) is 31.6 Å². The fourth-order valence-corrected chi connectivity index (χ4v) is 1.60. The molecule has 21 heavy (non-hydrogen) atoms. The molecule has 0 aliphatic rings. The summed E-state index contributed by atoms with van der Waals surface area (Å²) in [6.45, 7) is 4.55. The summed E-state index contributed by atoms with van der Waals surface area (Å²) in [6.07, 6.45) is 1.93. The van der Waals surface area contributed by atoms with Crippen molar-refractivity contribution in [3.63, 3.8) is 0 Å². The van der Waals surface area contributed by atoms with Crippen molar-refractivity contribution in [3.8, 4) is 5.75 Å². The van der Waals surface area contributed by atoms with Crippen molar-refractivity contribution >= 4 is 17.6 Å². The molecule has 1 aromatic rings. The molecular formula is C15H22N2O4. The van der Waals surface area contributed by atoms with E-state index in [9.17, 15) is 9.59 Å². The standard InChI is InChI=1S/C15H22N2O4/c1-3-5-8-17-14(18)10-21-13-9-11(6-7-12(13)16)15(19)20-4-2/h6-7,9H,3-5,8,10,16H2,1-2H3,(H,17,18). The van der Waals surface area contributed by atoms with E-state index in [1.54, 1.807) is 19.1 Å². The summed E-state index contributed by atoms with van der Waals surface area (Å²) in [7, 11) is 0. The zero-order valence-corrected chi connectivity index (χ0v) is 12.5. The van der Waals surface area contributed by atoms with Crippen LogP contribution in [0.25, 0.3) is 0 Å². The zero-order valence-electron chi connectivity index (χ0n) is 12.5. The van der Waals surface area contributed by atoms with E-state index < -0.39 is 5.97 Å². The lowest BCUT2D eigenvalue weighted by atomic mass is 10.2. The van der Waals surface area contributed by atoms with E-state index in [0.29, 0.717) is 30.2 Å². The minimum atomic E-state index is -0.449. The van der Waals surface area contributed by atoms with Gasteiger partial charge in [0, 0.05) is 6.54 Å². The Hall–Kier alpha value is -2.24. The van der Waals surface area contributed by atoms with Crippen LogP contribution in [0.2, 0.25) is 0 Å². The molecule has 0 saturated heterocycles. The van der Waals surface area contributed by atoms with Gasteiger partial charge >= 0.3 is 5.97 Å². The second-order valence-corrected chi connectivity index (χ2v) is 4.47. The monoisotopic (exact) mass is 294 g/mol. The van der Waals surface area contributed by atoms with Crippen molar-refractivity contribution in [3.05, 3.63) is 23.8 Å². The first-order valence-corrected chi connectivity index (χ1v) is 7.04. The van der Waals surface area contributed by atoms with Crippen LogP contribution in [0, 0.1) is 0 Å². The van der Waals surface area contributed by atoms with Crippen LogP contribution >= 0.6 is 0 Å². The topological polar surface area (TPSA) is 90.6 Å². The average molecular weight is 294 g/mol. The van der Waals surface area contributed by atoms with E-state index in [4.69, 9.17) is 15.2 Å². The fraction of sp³-hybridized carbons (Fsp3) is 0.467. The molecule has 0 heterocycles. The lowest BCUT2D eigenvalue weighted by molar-refractivity contribution is -0.123. The van der Waals surface area contributed by atoms with E-state index in [1.807, 2.05) is 6.92 Å². The Kier molecular flexibility index (Phi) is 7.08. The third kappa shape index (κ3) is 5.72. The molecule has 6 heteroatoms. The molecule has 1 amide bonds. The normalized spacial score (nSPS) is 10.0. The molecule has 0 aliphatic heterocycles. The molecule has 0 saturated carbocycles. The SMILES string of the molecule is CCCCNC(=O)COc1cc(C(=O)OCC)ccc1N. The van der Waals surface area contributed by atoms with Gasteiger partial charge in [0.1, 0.15) is 5.75 Å². The van der Waals surface area contributed by atoms with E-state index in [1.165, 1.54) is 6.07 Å². The minimum absolute atomic E-state index is 0.139. The number of nitrogen functional groups attached to an aromatic ring is 1. The molecule has 0 unspecified atom stereocenters. The maximum Gasteiger partial charge on any atom is 0.338 e. The summed E-state index contributed by atoms with van der Waals surface area (Å²) in [5, 5.41) is 2.73. The number of carbonyl (C=O) groups is 2. The van der Waals surface area contributed by atoms with Crippen LogP contribution in [0.1, 0.15) is 37.0 Å². The fourth-order valence-electron chi connectivity index (χ4n) is 1.60. The minimum Gasteiger partial charge on any atom is -0.482 e. The smallest absolute Gasteiger partial charge is 0.338 e. The van der Waals surface area contributed by atoms with Crippen molar-refractivity contribution in [1.29, 1.82) is 0 Å². The number of amides is 1. The second-order valence-electron chi connectivity index (χ2n) is 4.47. The van der Waals surface area contributed by atoms with E-state index in [2.05, 4.69) is 5.32 Å². The number of nitrogens with one attached hydrogen (secondary N) is 1. The number of ether oxygens (including phenoxy) is 2. The van der Waals surface area contributed by atoms with Gasteiger partial charge in [0.05, 0.1) is 17.9 Å². The summed E-state index contributed by atoms with van der Waals surface area (Å²) in [4.78, 5) is 23.2. The highest BCUT2D eigenvalue weighted by Gasteiger charge is 2.11. The molecule has 6 nitrogen and oxygen atoms in total. The lowest BCUT2D eigenvalue weighted by Crippen LogP contribution is -2.29. The molecular weight excluding hydrogens is 272 g/mol. The number of hydrogen-bond donors (Lipinski definition) is 2. The Labute approximate surface area is 124 Å². The number of nitrogens with two attached hydrogens (primary N) is 1. The summed E-state index contributed by atoms with van der Waals surface area (Å²) < 4.78 is 10.3. The molecule has 0 spiro atoms. The lowest BCUT2D eigenvalue weighted by Gasteiger charge is -2.10. The Balaban J connectivity index is 2.59. The largest absolute Gasteiger partial charge is 0.482 e. The molecule has 0 radical (unpaired) electrons. The molecule has 0 bridgehead atoms. The molecule has 0 aliphatic carbocycles. The van der Waals surface area contributed by atoms with Gasteiger partial charge < -0.3 is 20.5 Å². The third-order valence-electron chi connectivity index (χ3n) is 2.74. The van der Waals surface area contributed by atoms with Crippen molar-refractivity contribution in [2.24, 2.45) is 0 Å². The zero-order chi connectivity index (χ0) is 15.7. The van der Waals surface area contributed by atoms with Crippen LogP contribution in [0.15, 0.2) is 18.2 Å². The summed E-state index contributed by atoms with van der Waals surface area (Å²) in [5.74, 6) is -0.370. The first kappa shape index (κ1) is 16.8. The maximum atomic E-state index is 11.6. The van der Waals surface area contributed by atoms with Crippen LogP contribution < -0.4 is 15.8 Å². The molecule has 3 N–H and O–H groups in total. The van der Waals surface area contributed by atoms with Crippen molar-refractivity contribution in [2.45, 2.75) is 26.7 Å². The van der Waals surface area contributed by atoms with Crippen molar-refractivity contribution < 1.29 is 19.1 Å². The molecule has 1 aromatic carbocycles. The van der Waals surface area contributed by atoms with Crippen LogP contribution in [0.4, 0.5) is 5.69 Å². The average Bonchev–Trinajstić information content (AvgIpc) is 2.47. The quantitative estimate of drug-likeness (QED) is 0.433. The predicted octanol–water partition coefficient (Wildman–Crippen LogP) is 1.74. The van der Waals surface area contributed by atoms with Crippen molar-refractivity contribution in [2.75, 3.05) is 25.5 Å². The highest BCUT2D eigenvalue weighted by atomic mass is 16.5. The first-order chi connectivity index (χ1) is 10.1. The number of hydrogen-bond acceptors (Lipinski definition) is 5. The number of anilines is 1. The Morgan fingerprint density at radius 2 is 2.05 bits per heavy atom. The summed E-state index contributed by atoms with van der Waals surface area (Å²) in [6, 6.07) is 4.59. The summed E-state index contributed by atoms with van der Waals surface area (Å²) >= 11 is 0. The van der Waals surface area contributed by atoms with Gasteiger partial charge in [-0.15, -0.1) is 0 Å². The Morgan fingerprint density at radius 3 is 2.71 bits per heavy atom. The molecule has 0 aromatic heterocycles. The Bertz CT molecular complexity index is 489. The van der Waals surface area contributed by atoms with Crippen molar-refractivity contribution in [1.82, 2.24) is 5.32 Å². The van der Waals surface area contributed by atoms with Gasteiger partial charge in [-0.2, -0.15) is 0 Å².